The van der Waals surface area contributed by atoms with Crippen molar-refractivity contribution in [2.75, 3.05) is 19.6 Å². The summed E-state index contributed by atoms with van der Waals surface area (Å²) in [5, 5.41) is 12.1. The lowest BCUT2D eigenvalue weighted by atomic mass is 9.96. The predicted molar refractivity (Wildman–Crippen MR) is 57.6 cm³/mol. The maximum absolute atomic E-state index is 12.1. The number of rotatable bonds is 1. The Morgan fingerprint density at radius 1 is 1.31 bits per heavy atom. The summed E-state index contributed by atoms with van der Waals surface area (Å²) in [6.45, 7) is 1.76. The molecule has 0 spiro atoms. The number of piperidine rings is 2. The first kappa shape index (κ1) is 11.4. The molecule has 0 aliphatic carbocycles. The summed E-state index contributed by atoms with van der Waals surface area (Å²) < 4.78 is 0. The lowest BCUT2D eigenvalue weighted by molar-refractivity contribution is -0.139. The van der Waals surface area contributed by atoms with Crippen molar-refractivity contribution in [1.82, 2.24) is 10.2 Å². The second-order valence-corrected chi connectivity index (χ2v) is 4.60. The fourth-order valence-electron chi connectivity index (χ4n) is 2.29. The molecule has 1 unspecified atom stereocenters. The maximum Gasteiger partial charge on any atom is 0.227 e. The highest BCUT2D eigenvalue weighted by molar-refractivity contribution is 5.83. The van der Waals surface area contributed by atoms with Crippen molar-refractivity contribution in [2.24, 2.45) is 5.92 Å². The zero-order valence-electron chi connectivity index (χ0n) is 9.32. The van der Waals surface area contributed by atoms with E-state index in [-0.39, 0.29) is 23.8 Å². The Hall–Kier alpha value is -1.10. The van der Waals surface area contributed by atoms with Crippen LogP contribution in [-0.4, -0.2) is 47.6 Å². The van der Waals surface area contributed by atoms with Crippen LogP contribution in [-0.2, 0) is 9.59 Å². The Morgan fingerprint density at radius 3 is 2.56 bits per heavy atom. The molecule has 2 amide bonds. The zero-order chi connectivity index (χ0) is 11.5. The first-order valence-electron chi connectivity index (χ1n) is 5.90. The minimum Gasteiger partial charge on any atom is -0.393 e. The highest BCUT2D eigenvalue weighted by atomic mass is 16.3. The van der Waals surface area contributed by atoms with Crippen LogP contribution in [0.3, 0.4) is 0 Å². The molecule has 0 saturated carbocycles. The van der Waals surface area contributed by atoms with E-state index in [0.29, 0.717) is 45.3 Å². The molecule has 2 saturated heterocycles. The van der Waals surface area contributed by atoms with E-state index in [1.165, 1.54) is 0 Å². The molecule has 5 heteroatoms. The molecule has 2 rings (SSSR count). The normalized spacial score (nSPS) is 27.7. The molecule has 0 radical (unpaired) electrons. The fourth-order valence-corrected chi connectivity index (χ4v) is 2.29. The molecular formula is C11H18N2O3. The number of nitrogens with zero attached hydrogens (tertiary/aromatic N) is 1. The van der Waals surface area contributed by atoms with Crippen LogP contribution >= 0.6 is 0 Å². The van der Waals surface area contributed by atoms with Crippen LogP contribution in [0.2, 0.25) is 0 Å². The summed E-state index contributed by atoms with van der Waals surface area (Å²) in [7, 11) is 0. The summed E-state index contributed by atoms with van der Waals surface area (Å²) in [6, 6.07) is 0. The molecular weight excluding hydrogens is 208 g/mol. The highest BCUT2D eigenvalue weighted by Gasteiger charge is 2.30. The summed E-state index contributed by atoms with van der Waals surface area (Å²) in [6.07, 6.45) is 2.20. The molecule has 90 valence electrons. The van der Waals surface area contributed by atoms with Crippen LogP contribution in [0.15, 0.2) is 0 Å². The van der Waals surface area contributed by atoms with Gasteiger partial charge in [0.05, 0.1) is 12.0 Å². The summed E-state index contributed by atoms with van der Waals surface area (Å²) >= 11 is 0. The van der Waals surface area contributed by atoms with Gasteiger partial charge in [-0.2, -0.15) is 0 Å². The molecule has 2 aliphatic heterocycles. The second kappa shape index (κ2) is 4.82. The molecule has 2 heterocycles. The Labute approximate surface area is 94.8 Å². The van der Waals surface area contributed by atoms with E-state index in [4.69, 9.17) is 0 Å². The highest BCUT2D eigenvalue weighted by Crippen LogP contribution is 2.17. The Balaban J connectivity index is 1.85. The van der Waals surface area contributed by atoms with Gasteiger partial charge in [0, 0.05) is 26.1 Å². The third-order valence-electron chi connectivity index (χ3n) is 3.39. The number of aliphatic hydroxyl groups is 1. The van der Waals surface area contributed by atoms with Crippen molar-refractivity contribution in [3.05, 3.63) is 0 Å². The van der Waals surface area contributed by atoms with E-state index in [9.17, 15) is 14.7 Å². The first-order chi connectivity index (χ1) is 7.66. The number of aliphatic hydroxyl groups excluding tert-OH is 1. The minimum absolute atomic E-state index is 0.0399. The third kappa shape index (κ3) is 2.52. The Kier molecular flexibility index (Phi) is 3.43. The largest absolute Gasteiger partial charge is 0.393 e. The molecule has 0 aromatic rings. The van der Waals surface area contributed by atoms with Crippen LogP contribution < -0.4 is 5.32 Å². The molecule has 2 aliphatic rings. The van der Waals surface area contributed by atoms with Crippen molar-refractivity contribution in [3.63, 3.8) is 0 Å². The third-order valence-corrected chi connectivity index (χ3v) is 3.39. The van der Waals surface area contributed by atoms with Crippen molar-refractivity contribution in [2.45, 2.75) is 31.8 Å². The number of likely N-dealkylation sites (tertiary alicyclic amines) is 1. The van der Waals surface area contributed by atoms with Gasteiger partial charge in [0.15, 0.2) is 0 Å². The van der Waals surface area contributed by atoms with E-state index in [1.807, 2.05) is 4.90 Å². The number of nitrogens with one attached hydrogen (secondary N) is 1. The van der Waals surface area contributed by atoms with Gasteiger partial charge in [0.2, 0.25) is 11.8 Å². The predicted octanol–water partition coefficient (Wildman–Crippen LogP) is -0.504. The topological polar surface area (TPSA) is 69.6 Å². The van der Waals surface area contributed by atoms with Gasteiger partial charge >= 0.3 is 0 Å². The van der Waals surface area contributed by atoms with Crippen LogP contribution in [0, 0.1) is 5.92 Å². The van der Waals surface area contributed by atoms with Crippen LogP contribution in [0.4, 0.5) is 0 Å². The second-order valence-electron chi connectivity index (χ2n) is 4.60. The Bertz CT molecular complexity index is 275. The van der Waals surface area contributed by atoms with Gasteiger partial charge < -0.3 is 15.3 Å². The van der Waals surface area contributed by atoms with Gasteiger partial charge in [0.1, 0.15) is 0 Å². The van der Waals surface area contributed by atoms with E-state index >= 15 is 0 Å². The van der Waals surface area contributed by atoms with E-state index in [0.717, 1.165) is 0 Å². The summed E-state index contributed by atoms with van der Waals surface area (Å²) in [5.41, 5.74) is 0. The van der Waals surface area contributed by atoms with Crippen LogP contribution in [0.1, 0.15) is 25.7 Å². The van der Waals surface area contributed by atoms with Crippen molar-refractivity contribution in [1.29, 1.82) is 0 Å². The Morgan fingerprint density at radius 2 is 2.00 bits per heavy atom. The average molecular weight is 226 g/mol. The number of hydrogen-bond acceptors (Lipinski definition) is 3. The minimum atomic E-state index is -0.255. The van der Waals surface area contributed by atoms with Gasteiger partial charge in [0.25, 0.3) is 0 Å². The number of carbonyl (C=O) groups excluding carboxylic acids is 2. The van der Waals surface area contributed by atoms with Crippen molar-refractivity contribution >= 4 is 11.8 Å². The molecule has 0 aromatic heterocycles. The monoisotopic (exact) mass is 226 g/mol. The van der Waals surface area contributed by atoms with Crippen LogP contribution in [0.5, 0.6) is 0 Å². The summed E-state index contributed by atoms with van der Waals surface area (Å²) in [4.78, 5) is 24.9. The summed E-state index contributed by atoms with van der Waals surface area (Å²) in [5.74, 6) is 0.109. The molecule has 0 aromatic carbocycles. The van der Waals surface area contributed by atoms with Crippen LogP contribution in [0.25, 0.3) is 0 Å². The SMILES string of the molecule is O=C1CCC(C(=O)N2CCC(O)CC2)CN1. The molecule has 2 N–H and O–H groups in total. The lowest BCUT2D eigenvalue weighted by Gasteiger charge is -2.33. The van der Waals surface area contributed by atoms with Gasteiger partial charge in [-0.25, -0.2) is 0 Å². The molecule has 2 fully saturated rings. The molecule has 0 bridgehead atoms. The number of carbonyl (C=O) groups is 2. The van der Waals surface area contributed by atoms with E-state index < -0.39 is 0 Å². The van der Waals surface area contributed by atoms with Gasteiger partial charge in [-0.3, -0.25) is 9.59 Å². The van der Waals surface area contributed by atoms with Crippen molar-refractivity contribution in [3.8, 4) is 0 Å². The van der Waals surface area contributed by atoms with Gasteiger partial charge in [-0.1, -0.05) is 0 Å². The van der Waals surface area contributed by atoms with Gasteiger partial charge in [-0.15, -0.1) is 0 Å². The molecule has 1 atom stereocenters. The molecule has 16 heavy (non-hydrogen) atoms. The number of amides is 2. The zero-order valence-corrected chi connectivity index (χ0v) is 9.32. The average Bonchev–Trinajstić information content (AvgIpc) is 2.30. The van der Waals surface area contributed by atoms with Gasteiger partial charge in [-0.05, 0) is 19.3 Å². The maximum atomic E-state index is 12.1. The number of hydrogen-bond donors (Lipinski definition) is 2. The van der Waals surface area contributed by atoms with E-state index in [1.54, 1.807) is 0 Å². The molecule has 5 nitrogen and oxygen atoms in total. The standard InChI is InChI=1S/C11H18N2O3/c14-9-3-5-13(6-4-9)11(16)8-1-2-10(15)12-7-8/h8-9,14H,1-7H2,(H,12,15). The van der Waals surface area contributed by atoms with Crippen molar-refractivity contribution < 1.29 is 14.7 Å². The fraction of sp³-hybridized carbons (Fsp3) is 0.818. The smallest absolute Gasteiger partial charge is 0.227 e. The first-order valence-corrected chi connectivity index (χ1v) is 5.90. The lowest BCUT2D eigenvalue weighted by Crippen LogP contribution is -2.47. The quantitative estimate of drug-likeness (QED) is 0.633. The van der Waals surface area contributed by atoms with E-state index in [2.05, 4.69) is 5.32 Å².